The Kier molecular flexibility index (Phi) is 7.30. The van der Waals surface area contributed by atoms with Gasteiger partial charge in [0.1, 0.15) is 0 Å². The first-order chi connectivity index (χ1) is 8.88. The number of hydrogen-bond donors (Lipinski definition) is 0. The van der Waals surface area contributed by atoms with Crippen molar-refractivity contribution < 1.29 is 0 Å². The third-order valence-electron chi connectivity index (χ3n) is 4.25. The van der Waals surface area contributed by atoms with Crippen LogP contribution in [0.1, 0.15) is 87.1 Å². The second-order valence-corrected chi connectivity index (χ2v) is 11.3. The number of rotatable bonds is 1. The minimum atomic E-state index is 0.952. The molecule has 0 bridgehead atoms. The summed E-state index contributed by atoms with van der Waals surface area (Å²) in [5, 5.41) is 3.61. The summed E-state index contributed by atoms with van der Waals surface area (Å²) in [4.78, 5) is 0. The van der Waals surface area contributed by atoms with Gasteiger partial charge in [-0.2, -0.15) is 0 Å². The summed E-state index contributed by atoms with van der Waals surface area (Å²) >= 11 is 0. The Bertz CT molecular complexity index is 320. The van der Waals surface area contributed by atoms with Crippen molar-refractivity contribution in [2.75, 3.05) is 0 Å². The molecule has 0 spiro atoms. The summed E-state index contributed by atoms with van der Waals surface area (Å²) in [5.41, 5.74) is 0. The van der Waals surface area contributed by atoms with E-state index in [-0.39, 0.29) is 0 Å². The molecule has 1 aromatic rings. The van der Waals surface area contributed by atoms with E-state index < -0.39 is 0 Å². The standard InChI is InChI=1S/C15H27P3/c1-13-15(17-18-16-13)14-11-9-7-5-3-2-4-6-8-10-12-14/h14,16H,2-12H2,1H3. The largest absolute Gasteiger partial charge is 0.102 e. The number of aryl methyl sites for hydroxylation is 1. The number of hydrogen-bond acceptors (Lipinski definition) is 0. The molecule has 1 unspecified atom stereocenters. The summed E-state index contributed by atoms with van der Waals surface area (Å²) < 4.78 is 0. The lowest BCUT2D eigenvalue weighted by Crippen LogP contribution is -1.99. The molecule has 18 heavy (non-hydrogen) atoms. The molecule has 2 rings (SSSR count). The second kappa shape index (κ2) is 8.74. The van der Waals surface area contributed by atoms with Crippen LogP contribution in [0, 0.1) is 6.92 Å². The molecule has 0 amide bonds. The molecule has 3 heteroatoms. The van der Waals surface area contributed by atoms with Crippen molar-refractivity contribution in [2.24, 2.45) is 0 Å². The van der Waals surface area contributed by atoms with E-state index in [1.807, 2.05) is 5.30 Å². The lowest BCUT2D eigenvalue weighted by molar-refractivity contribution is 0.470. The quantitative estimate of drug-likeness (QED) is 0.501. The van der Waals surface area contributed by atoms with Crippen LogP contribution in [0.5, 0.6) is 0 Å². The van der Waals surface area contributed by atoms with Crippen molar-refractivity contribution in [3.05, 3.63) is 10.6 Å². The van der Waals surface area contributed by atoms with Crippen molar-refractivity contribution in [1.82, 2.24) is 0 Å². The van der Waals surface area contributed by atoms with Gasteiger partial charge in [-0.1, -0.05) is 57.8 Å². The SMILES string of the molecule is Cc1[pH]ppc1C1CCCCCCCCCCC1. The summed E-state index contributed by atoms with van der Waals surface area (Å²) in [6, 6.07) is 0. The van der Waals surface area contributed by atoms with Crippen LogP contribution in [0.3, 0.4) is 0 Å². The molecule has 0 saturated heterocycles. The zero-order valence-corrected chi connectivity index (χ0v) is 14.5. The highest BCUT2D eigenvalue weighted by Crippen LogP contribution is 2.47. The maximum atomic E-state index is 2.40. The van der Waals surface area contributed by atoms with Gasteiger partial charge in [0.25, 0.3) is 0 Å². The van der Waals surface area contributed by atoms with Crippen molar-refractivity contribution in [3.8, 4) is 0 Å². The molecule has 1 aromatic heterocycles. The molecular weight excluding hydrogens is 273 g/mol. The summed E-state index contributed by atoms with van der Waals surface area (Å²) in [6.07, 6.45) is 16.4. The highest BCUT2D eigenvalue weighted by Gasteiger charge is 2.15. The van der Waals surface area contributed by atoms with Gasteiger partial charge >= 0.3 is 0 Å². The highest BCUT2D eigenvalue weighted by molar-refractivity contribution is 8.17. The van der Waals surface area contributed by atoms with Gasteiger partial charge in [0.2, 0.25) is 0 Å². The first kappa shape index (κ1) is 15.0. The van der Waals surface area contributed by atoms with Gasteiger partial charge in [0.15, 0.2) is 0 Å². The topological polar surface area (TPSA) is 0 Å². The average molecular weight is 300 g/mol. The molecule has 1 fully saturated rings. The van der Waals surface area contributed by atoms with E-state index in [4.69, 9.17) is 0 Å². The third-order valence-corrected chi connectivity index (χ3v) is 10.2. The van der Waals surface area contributed by atoms with Crippen molar-refractivity contribution >= 4 is 23.3 Å². The predicted octanol–water partition coefficient (Wildman–Crippen LogP) is 7.57. The predicted molar refractivity (Wildman–Crippen MR) is 89.2 cm³/mol. The lowest BCUT2D eigenvalue weighted by atomic mass is 9.91. The van der Waals surface area contributed by atoms with Crippen LogP contribution in [0.4, 0.5) is 0 Å². The van der Waals surface area contributed by atoms with Gasteiger partial charge in [-0.15, -0.1) is 7.87 Å². The van der Waals surface area contributed by atoms with Crippen LogP contribution in [0.25, 0.3) is 0 Å². The maximum absolute atomic E-state index is 2.40. The van der Waals surface area contributed by atoms with Crippen LogP contribution in [-0.4, -0.2) is 0 Å². The Morgan fingerprint density at radius 1 is 0.833 bits per heavy atom. The first-order valence-electron chi connectivity index (χ1n) is 7.75. The Labute approximate surface area is 117 Å². The van der Waals surface area contributed by atoms with Crippen LogP contribution < -0.4 is 0 Å². The minimum absolute atomic E-state index is 0.952. The lowest BCUT2D eigenvalue weighted by Gasteiger charge is -2.17. The van der Waals surface area contributed by atoms with E-state index in [1.165, 1.54) is 70.6 Å². The molecule has 0 aliphatic heterocycles. The molecule has 0 aromatic carbocycles. The fourth-order valence-corrected chi connectivity index (χ4v) is 10.2. The molecule has 1 heterocycles. The van der Waals surface area contributed by atoms with Gasteiger partial charge in [0.05, 0.1) is 0 Å². The molecule has 0 N–H and O–H groups in total. The molecule has 1 aliphatic carbocycles. The zero-order chi connectivity index (χ0) is 12.6. The van der Waals surface area contributed by atoms with Crippen LogP contribution in [0.15, 0.2) is 0 Å². The van der Waals surface area contributed by atoms with E-state index in [9.17, 15) is 0 Å². The Morgan fingerprint density at radius 2 is 1.33 bits per heavy atom. The third kappa shape index (κ3) is 4.96. The van der Waals surface area contributed by atoms with Gasteiger partial charge in [-0.3, -0.25) is 0 Å². The zero-order valence-electron chi connectivity index (χ0n) is 11.7. The van der Waals surface area contributed by atoms with Gasteiger partial charge in [-0.25, -0.2) is 0 Å². The summed E-state index contributed by atoms with van der Waals surface area (Å²) in [7, 11) is 4.45. The summed E-state index contributed by atoms with van der Waals surface area (Å²) in [5.74, 6) is 0.952. The van der Waals surface area contributed by atoms with Crippen LogP contribution in [0.2, 0.25) is 0 Å². The fraction of sp³-hybridized carbons (Fsp3) is 0.867. The Morgan fingerprint density at radius 3 is 1.78 bits per heavy atom. The van der Waals surface area contributed by atoms with E-state index in [0.717, 1.165) is 13.8 Å². The highest BCUT2D eigenvalue weighted by atomic mass is 32.1. The van der Waals surface area contributed by atoms with Crippen LogP contribution >= 0.6 is 23.3 Å². The van der Waals surface area contributed by atoms with Crippen molar-refractivity contribution in [3.63, 3.8) is 0 Å². The smallest absolute Gasteiger partial charge is 0.00573 e. The molecule has 0 nitrogen and oxygen atoms in total. The minimum Gasteiger partial charge on any atom is -0.102 e. The van der Waals surface area contributed by atoms with E-state index in [0.29, 0.717) is 0 Å². The monoisotopic (exact) mass is 300 g/mol. The molecule has 0 radical (unpaired) electrons. The summed E-state index contributed by atoms with van der Waals surface area (Å²) in [6.45, 7) is 2.40. The molecule has 1 saturated carbocycles. The van der Waals surface area contributed by atoms with Crippen LogP contribution in [-0.2, 0) is 0 Å². The van der Waals surface area contributed by atoms with E-state index >= 15 is 0 Å². The fourth-order valence-electron chi connectivity index (χ4n) is 3.11. The first-order valence-corrected chi connectivity index (χ1v) is 12.1. The molecule has 102 valence electrons. The molecule has 1 atom stereocenters. The molecule has 1 aliphatic rings. The average Bonchev–Trinajstić information content (AvgIpc) is 2.76. The maximum Gasteiger partial charge on any atom is -0.00573 e. The van der Waals surface area contributed by atoms with E-state index in [2.05, 4.69) is 6.92 Å². The van der Waals surface area contributed by atoms with Crippen molar-refractivity contribution in [1.29, 1.82) is 0 Å². The second-order valence-electron chi connectivity index (χ2n) is 5.78. The molecular formula is C15H27P3. The van der Waals surface area contributed by atoms with Crippen molar-refractivity contribution in [2.45, 2.75) is 83.5 Å². The Hall–Kier alpha value is 0.640. The Balaban J connectivity index is 1.91. The van der Waals surface area contributed by atoms with Gasteiger partial charge in [-0.05, 0) is 51.7 Å². The normalized spacial score (nSPS) is 22.5. The van der Waals surface area contributed by atoms with Gasteiger partial charge < -0.3 is 0 Å². The van der Waals surface area contributed by atoms with E-state index in [1.54, 1.807) is 20.7 Å². The van der Waals surface area contributed by atoms with Gasteiger partial charge in [0, 0.05) is 0 Å².